The maximum absolute atomic E-state index is 12.0. The summed E-state index contributed by atoms with van der Waals surface area (Å²) in [6.07, 6.45) is 6.86. The molecule has 0 aromatic rings. The van der Waals surface area contributed by atoms with Gasteiger partial charge in [0, 0.05) is 18.1 Å². The fourth-order valence-corrected chi connectivity index (χ4v) is 2.93. The molecule has 2 N–H and O–H groups in total. The number of hydrogen-bond acceptors (Lipinski definition) is 3. The summed E-state index contributed by atoms with van der Waals surface area (Å²) >= 11 is 0. The Hall–Kier alpha value is -0.610. The quantitative estimate of drug-likeness (QED) is 0.740. The first-order valence-electron chi connectivity index (χ1n) is 7.77. The zero-order valence-electron chi connectivity index (χ0n) is 13.0. The number of hydrogen-bond donors (Lipinski definition) is 2. The van der Waals surface area contributed by atoms with Gasteiger partial charge in [-0.25, -0.2) is 0 Å². The predicted octanol–water partition coefficient (Wildman–Crippen LogP) is 1.75. The molecule has 1 saturated carbocycles. The average molecular weight is 269 g/mol. The lowest BCUT2D eigenvalue weighted by atomic mass is 9.90. The van der Waals surface area contributed by atoms with Crippen molar-refractivity contribution in [3.8, 4) is 0 Å². The smallest absolute Gasteiger partial charge is 0.234 e. The van der Waals surface area contributed by atoms with Gasteiger partial charge in [-0.15, -0.1) is 0 Å². The van der Waals surface area contributed by atoms with Crippen LogP contribution in [-0.2, 0) is 4.79 Å². The molecule has 0 atom stereocenters. The highest BCUT2D eigenvalue weighted by Crippen LogP contribution is 2.21. The molecular weight excluding hydrogens is 238 g/mol. The summed E-state index contributed by atoms with van der Waals surface area (Å²) in [7, 11) is 4.12. The highest BCUT2D eigenvalue weighted by Gasteiger charge is 2.24. The minimum atomic E-state index is 0.173. The molecule has 0 aromatic carbocycles. The minimum absolute atomic E-state index is 0.173. The van der Waals surface area contributed by atoms with Gasteiger partial charge in [-0.05, 0) is 52.6 Å². The van der Waals surface area contributed by atoms with Gasteiger partial charge in [-0.2, -0.15) is 0 Å². The molecule has 1 amide bonds. The summed E-state index contributed by atoms with van der Waals surface area (Å²) in [6.45, 7) is 4.78. The number of carbonyl (C=O) groups excluding carboxylic acids is 1. The lowest BCUT2D eigenvalue weighted by Crippen LogP contribution is -2.46. The summed E-state index contributed by atoms with van der Waals surface area (Å²) in [4.78, 5) is 14.2. The molecule has 0 heterocycles. The van der Waals surface area contributed by atoms with Crippen molar-refractivity contribution in [2.24, 2.45) is 0 Å². The van der Waals surface area contributed by atoms with Gasteiger partial charge < -0.3 is 10.6 Å². The third kappa shape index (κ3) is 5.49. The van der Waals surface area contributed by atoms with E-state index in [-0.39, 0.29) is 5.91 Å². The highest BCUT2D eigenvalue weighted by molar-refractivity contribution is 5.78. The zero-order valence-corrected chi connectivity index (χ0v) is 13.0. The summed E-state index contributed by atoms with van der Waals surface area (Å²) in [5, 5.41) is 6.46. The van der Waals surface area contributed by atoms with Gasteiger partial charge in [0.15, 0.2) is 0 Å². The Labute approximate surface area is 118 Å². The first-order chi connectivity index (χ1) is 9.10. The Kier molecular flexibility index (Phi) is 7.39. The minimum Gasteiger partial charge on any atom is -0.352 e. The zero-order chi connectivity index (χ0) is 14.3. The summed E-state index contributed by atoms with van der Waals surface area (Å²) < 4.78 is 0. The third-order valence-electron chi connectivity index (χ3n) is 4.47. The monoisotopic (exact) mass is 269 g/mol. The molecule has 0 unspecified atom stereocenters. The Morgan fingerprint density at radius 3 is 2.26 bits per heavy atom. The van der Waals surface area contributed by atoms with Crippen LogP contribution in [0.15, 0.2) is 0 Å². The van der Waals surface area contributed by atoms with Crippen LogP contribution >= 0.6 is 0 Å². The summed E-state index contributed by atoms with van der Waals surface area (Å²) in [5.41, 5.74) is 0. The van der Waals surface area contributed by atoms with Crippen molar-refractivity contribution in [1.29, 1.82) is 0 Å². The fourth-order valence-electron chi connectivity index (χ4n) is 2.93. The van der Waals surface area contributed by atoms with Gasteiger partial charge in [0.2, 0.25) is 5.91 Å². The van der Waals surface area contributed by atoms with Crippen LogP contribution in [0.3, 0.4) is 0 Å². The second kappa shape index (κ2) is 8.54. The molecule has 1 rings (SSSR count). The van der Waals surface area contributed by atoms with E-state index in [0.29, 0.717) is 24.7 Å². The van der Waals surface area contributed by atoms with E-state index in [9.17, 15) is 4.79 Å². The maximum atomic E-state index is 12.0. The van der Waals surface area contributed by atoms with E-state index in [1.807, 2.05) is 7.05 Å². The number of nitrogens with one attached hydrogen (secondary N) is 2. The molecule has 19 heavy (non-hydrogen) atoms. The Bertz CT molecular complexity index is 258. The van der Waals surface area contributed by atoms with E-state index in [2.05, 4.69) is 36.4 Å². The molecule has 0 aromatic heterocycles. The number of carbonyl (C=O) groups is 1. The van der Waals surface area contributed by atoms with Crippen molar-refractivity contribution in [2.45, 2.75) is 70.5 Å². The normalized spacial score (nSPS) is 23.9. The van der Waals surface area contributed by atoms with Crippen molar-refractivity contribution >= 4 is 5.91 Å². The van der Waals surface area contributed by atoms with Crippen molar-refractivity contribution < 1.29 is 4.79 Å². The van der Waals surface area contributed by atoms with Crippen LogP contribution in [0.5, 0.6) is 0 Å². The standard InChI is InChI=1S/C15H31N3O/c1-5-12(6-2)17-15(19)11-18(4)14-9-7-13(16-3)8-10-14/h12-14,16H,5-11H2,1-4H3,(H,17,19). The molecule has 4 heteroatoms. The molecule has 1 aliphatic carbocycles. The van der Waals surface area contributed by atoms with E-state index < -0.39 is 0 Å². The summed E-state index contributed by atoms with van der Waals surface area (Å²) in [5.74, 6) is 0.173. The summed E-state index contributed by atoms with van der Waals surface area (Å²) in [6, 6.07) is 1.57. The van der Waals surface area contributed by atoms with Gasteiger partial charge in [0.05, 0.1) is 6.54 Å². The highest BCUT2D eigenvalue weighted by atomic mass is 16.2. The van der Waals surface area contributed by atoms with Crippen molar-refractivity contribution in [1.82, 2.24) is 15.5 Å². The van der Waals surface area contributed by atoms with Crippen LogP contribution in [0.25, 0.3) is 0 Å². The average Bonchev–Trinajstić information content (AvgIpc) is 2.44. The van der Waals surface area contributed by atoms with Crippen LogP contribution in [0.2, 0.25) is 0 Å². The molecule has 0 radical (unpaired) electrons. The van der Waals surface area contributed by atoms with E-state index in [1.165, 1.54) is 25.7 Å². The topological polar surface area (TPSA) is 44.4 Å². The molecule has 112 valence electrons. The van der Waals surface area contributed by atoms with E-state index in [4.69, 9.17) is 0 Å². The van der Waals surface area contributed by atoms with Gasteiger partial charge in [0.25, 0.3) is 0 Å². The van der Waals surface area contributed by atoms with Crippen LogP contribution in [0.1, 0.15) is 52.4 Å². The maximum Gasteiger partial charge on any atom is 0.234 e. The van der Waals surface area contributed by atoms with E-state index >= 15 is 0 Å². The molecule has 0 spiro atoms. The van der Waals surface area contributed by atoms with Gasteiger partial charge >= 0.3 is 0 Å². The van der Waals surface area contributed by atoms with Crippen LogP contribution in [0, 0.1) is 0 Å². The fraction of sp³-hybridized carbons (Fsp3) is 0.933. The van der Waals surface area contributed by atoms with E-state index in [0.717, 1.165) is 12.8 Å². The third-order valence-corrected chi connectivity index (χ3v) is 4.47. The molecule has 0 aliphatic heterocycles. The number of nitrogens with zero attached hydrogens (tertiary/aromatic N) is 1. The number of amides is 1. The van der Waals surface area contributed by atoms with Crippen molar-refractivity contribution in [2.75, 3.05) is 20.6 Å². The van der Waals surface area contributed by atoms with Gasteiger partial charge in [-0.3, -0.25) is 9.69 Å². The SMILES string of the molecule is CCC(CC)NC(=O)CN(C)C1CCC(NC)CC1. The lowest BCUT2D eigenvalue weighted by Gasteiger charge is -2.34. The second-order valence-electron chi connectivity index (χ2n) is 5.79. The van der Waals surface area contributed by atoms with Crippen molar-refractivity contribution in [3.05, 3.63) is 0 Å². The molecule has 1 aliphatic rings. The van der Waals surface area contributed by atoms with Gasteiger partial charge in [-0.1, -0.05) is 13.8 Å². The molecule has 0 saturated heterocycles. The van der Waals surface area contributed by atoms with Crippen LogP contribution in [0.4, 0.5) is 0 Å². The van der Waals surface area contributed by atoms with Gasteiger partial charge in [0.1, 0.15) is 0 Å². The van der Waals surface area contributed by atoms with Crippen LogP contribution in [-0.4, -0.2) is 49.6 Å². The number of likely N-dealkylation sites (N-methyl/N-ethyl adjacent to an activating group) is 1. The second-order valence-corrected chi connectivity index (χ2v) is 5.79. The molecular formula is C15H31N3O. The first-order valence-corrected chi connectivity index (χ1v) is 7.77. The molecule has 1 fully saturated rings. The molecule has 4 nitrogen and oxygen atoms in total. The first kappa shape index (κ1) is 16.4. The predicted molar refractivity (Wildman–Crippen MR) is 80.2 cm³/mol. The van der Waals surface area contributed by atoms with E-state index in [1.54, 1.807) is 0 Å². The Balaban J connectivity index is 2.30. The van der Waals surface area contributed by atoms with Crippen molar-refractivity contribution in [3.63, 3.8) is 0 Å². The molecule has 0 bridgehead atoms. The largest absolute Gasteiger partial charge is 0.352 e. The Morgan fingerprint density at radius 1 is 1.21 bits per heavy atom. The number of rotatable bonds is 7. The Morgan fingerprint density at radius 2 is 1.79 bits per heavy atom. The van der Waals surface area contributed by atoms with Crippen LogP contribution < -0.4 is 10.6 Å². The lowest BCUT2D eigenvalue weighted by molar-refractivity contribution is -0.123.